The van der Waals surface area contributed by atoms with Crippen LogP contribution in [0.5, 0.6) is 0 Å². The van der Waals surface area contributed by atoms with Gasteiger partial charge in [0, 0.05) is 12.1 Å². The first-order valence-electron chi connectivity index (χ1n) is 5.99. The Morgan fingerprint density at radius 2 is 1.79 bits per heavy atom. The summed E-state index contributed by atoms with van der Waals surface area (Å²) in [6.07, 6.45) is 6.22. The molecule has 86 valence electrons. The molecular weight excluding hydrogens is 172 g/mol. The van der Waals surface area contributed by atoms with Crippen molar-refractivity contribution in [3.8, 4) is 0 Å². The molecule has 0 aromatic rings. The third kappa shape index (κ3) is 7.34. The molecule has 0 aromatic heterocycles. The molecule has 0 aliphatic heterocycles. The molecule has 2 nitrogen and oxygen atoms in total. The molecule has 14 heavy (non-hydrogen) atoms. The zero-order chi connectivity index (χ0) is 11.0. The van der Waals surface area contributed by atoms with E-state index in [1.165, 1.54) is 32.2 Å². The second kappa shape index (κ2) is 7.24. The number of nitrogens with zero attached hydrogens (tertiary/aromatic N) is 1. The molecule has 0 fully saturated rings. The van der Waals surface area contributed by atoms with Crippen LogP contribution in [0.1, 0.15) is 52.9 Å². The monoisotopic (exact) mass is 200 g/mol. The maximum atomic E-state index is 6.19. The highest BCUT2D eigenvalue weighted by Gasteiger charge is 2.18. The minimum atomic E-state index is -0.00425. The van der Waals surface area contributed by atoms with Gasteiger partial charge >= 0.3 is 0 Å². The van der Waals surface area contributed by atoms with E-state index < -0.39 is 0 Å². The predicted molar refractivity (Wildman–Crippen MR) is 64.5 cm³/mol. The zero-order valence-electron chi connectivity index (χ0n) is 10.5. The van der Waals surface area contributed by atoms with Crippen LogP contribution in [0.25, 0.3) is 0 Å². The molecule has 1 atom stereocenters. The molecule has 0 aliphatic rings. The van der Waals surface area contributed by atoms with Crippen molar-refractivity contribution in [2.75, 3.05) is 20.1 Å². The van der Waals surface area contributed by atoms with E-state index in [-0.39, 0.29) is 5.54 Å². The van der Waals surface area contributed by atoms with Gasteiger partial charge in [0.1, 0.15) is 0 Å². The fraction of sp³-hybridized carbons (Fsp3) is 1.00. The smallest absolute Gasteiger partial charge is 0.0254 e. The molecule has 0 heterocycles. The van der Waals surface area contributed by atoms with E-state index in [9.17, 15) is 0 Å². The van der Waals surface area contributed by atoms with Crippen LogP contribution >= 0.6 is 0 Å². The van der Waals surface area contributed by atoms with Gasteiger partial charge in [-0.05, 0) is 33.4 Å². The lowest BCUT2D eigenvalue weighted by Gasteiger charge is -2.30. The number of nitrogens with two attached hydrogens (primary N) is 1. The lowest BCUT2D eigenvalue weighted by atomic mass is 9.97. The van der Waals surface area contributed by atoms with Crippen LogP contribution in [0, 0.1) is 0 Å². The molecule has 0 spiro atoms. The Bertz CT molecular complexity index is 132. The summed E-state index contributed by atoms with van der Waals surface area (Å²) in [7, 11) is 2.18. The van der Waals surface area contributed by atoms with Crippen LogP contribution in [-0.4, -0.2) is 30.6 Å². The minimum Gasteiger partial charge on any atom is -0.324 e. The summed E-state index contributed by atoms with van der Waals surface area (Å²) in [5.41, 5.74) is 6.19. The van der Waals surface area contributed by atoms with Crippen molar-refractivity contribution >= 4 is 0 Å². The van der Waals surface area contributed by atoms with Crippen LogP contribution in [0.2, 0.25) is 0 Å². The van der Waals surface area contributed by atoms with Crippen molar-refractivity contribution in [3.05, 3.63) is 0 Å². The third-order valence-corrected chi connectivity index (χ3v) is 2.60. The molecule has 0 saturated carbocycles. The first kappa shape index (κ1) is 13.9. The second-order valence-corrected chi connectivity index (χ2v) is 4.85. The lowest BCUT2D eigenvalue weighted by Crippen LogP contribution is -2.46. The van der Waals surface area contributed by atoms with E-state index >= 15 is 0 Å². The van der Waals surface area contributed by atoms with E-state index in [1.807, 2.05) is 0 Å². The number of rotatable bonds is 8. The average Bonchev–Trinajstić information content (AvgIpc) is 2.03. The van der Waals surface area contributed by atoms with E-state index in [1.54, 1.807) is 0 Å². The van der Waals surface area contributed by atoms with Crippen molar-refractivity contribution in [2.24, 2.45) is 5.73 Å². The van der Waals surface area contributed by atoms with E-state index in [4.69, 9.17) is 5.73 Å². The van der Waals surface area contributed by atoms with Crippen LogP contribution in [-0.2, 0) is 0 Å². The molecule has 0 aliphatic carbocycles. The summed E-state index contributed by atoms with van der Waals surface area (Å²) in [6.45, 7) is 8.80. The molecule has 0 bridgehead atoms. The van der Waals surface area contributed by atoms with Crippen molar-refractivity contribution < 1.29 is 0 Å². The Balaban J connectivity index is 3.63. The van der Waals surface area contributed by atoms with E-state index in [2.05, 4.69) is 32.7 Å². The molecular formula is C12H28N2. The van der Waals surface area contributed by atoms with Gasteiger partial charge < -0.3 is 10.6 Å². The summed E-state index contributed by atoms with van der Waals surface area (Å²) in [4.78, 5) is 2.37. The minimum absolute atomic E-state index is 0.00425. The molecule has 0 saturated heterocycles. The summed E-state index contributed by atoms with van der Waals surface area (Å²) in [5, 5.41) is 0. The second-order valence-electron chi connectivity index (χ2n) is 4.85. The Morgan fingerprint density at radius 3 is 2.29 bits per heavy atom. The average molecular weight is 200 g/mol. The molecule has 0 radical (unpaired) electrons. The molecule has 0 aromatic carbocycles. The van der Waals surface area contributed by atoms with Gasteiger partial charge in [0.2, 0.25) is 0 Å². The van der Waals surface area contributed by atoms with Gasteiger partial charge in [0.15, 0.2) is 0 Å². The largest absolute Gasteiger partial charge is 0.324 e. The maximum Gasteiger partial charge on any atom is 0.0254 e. The van der Waals surface area contributed by atoms with Gasteiger partial charge in [-0.25, -0.2) is 0 Å². The van der Waals surface area contributed by atoms with Crippen molar-refractivity contribution in [1.82, 2.24) is 4.90 Å². The fourth-order valence-electron chi connectivity index (χ4n) is 1.98. The third-order valence-electron chi connectivity index (χ3n) is 2.60. The Morgan fingerprint density at radius 1 is 1.14 bits per heavy atom. The van der Waals surface area contributed by atoms with Gasteiger partial charge in [0.05, 0.1) is 0 Å². The van der Waals surface area contributed by atoms with Gasteiger partial charge in [-0.1, -0.05) is 33.1 Å². The normalized spacial score (nSPS) is 15.9. The molecule has 1 unspecified atom stereocenters. The maximum absolute atomic E-state index is 6.19. The van der Waals surface area contributed by atoms with E-state index in [0.717, 1.165) is 13.0 Å². The van der Waals surface area contributed by atoms with Crippen LogP contribution < -0.4 is 5.73 Å². The van der Waals surface area contributed by atoms with E-state index in [0.29, 0.717) is 0 Å². The SMILES string of the molecule is CCCCCN(C)CC(C)(N)CCC. The van der Waals surface area contributed by atoms with Crippen LogP contribution in [0.15, 0.2) is 0 Å². The zero-order valence-corrected chi connectivity index (χ0v) is 10.5. The first-order chi connectivity index (χ1) is 6.52. The quantitative estimate of drug-likeness (QED) is 0.610. The summed E-state index contributed by atoms with van der Waals surface area (Å²) >= 11 is 0. The highest BCUT2D eigenvalue weighted by molar-refractivity contribution is 4.81. The number of hydrogen-bond donors (Lipinski definition) is 1. The topological polar surface area (TPSA) is 29.3 Å². The van der Waals surface area contributed by atoms with Crippen molar-refractivity contribution in [1.29, 1.82) is 0 Å². The Labute approximate surface area is 89.9 Å². The highest BCUT2D eigenvalue weighted by atomic mass is 15.1. The highest BCUT2D eigenvalue weighted by Crippen LogP contribution is 2.10. The molecule has 0 amide bonds. The summed E-state index contributed by atoms with van der Waals surface area (Å²) in [6, 6.07) is 0. The first-order valence-corrected chi connectivity index (χ1v) is 5.99. The van der Waals surface area contributed by atoms with Gasteiger partial charge in [-0.15, -0.1) is 0 Å². The number of hydrogen-bond acceptors (Lipinski definition) is 2. The number of likely N-dealkylation sites (N-methyl/N-ethyl adjacent to an activating group) is 1. The molecule has 2 heteroatoms. The fourth-order valence-corrected chi connectivity index (χ4v) is 1.98. The van der Waals surface area contributed by atoms with Crippen LogP contribution in [0.4, 0.5) is 0 Å². The summed E-state index contributed by atoms with van der Waals surface area (Å²) < 4.78 is 0. The van der Waals surface area contributed by atoms with Gasteiger partial charge in [-0.2, -0.15) is 0 Å². The van der Waals surface area contributed by atoms with Crippen molar-refractivity contribution in [2.45, 2.75) is 58.4 Å². The Hall–Kier alpha value is -0.0800. The van der Waals surface area contributed by atoms with Gasteiger partial charge in [0.25, 0.3) is 0 Å². The molecule has 0 rings (SSSR count). The Kier molecular flexibility index (Phi) is 7.20. The molecule has 2 N–H and O–H groups in total. The van der Waals surface area contributed by atoms with Crippen molar-refractivity contribution in [3.63, 3.8) is 0 Å². The summed E-state index contributed by atoms with van der Waals surface area (Å²) in [5.74, 6) is 0. The standard InChI is InChI=1S/C12H28N2/c1-5-7-8-10-14(4)11-12(3,13)9-6-2/h5-11,13H2,1-4H3. The predicted octanol–water partition coefficient (Wildman–Crippen LogP) is 2.63. The number of unbranched alkanes of at least 4 members (excludes halogenated alkanes) is 2. The van der Waals surface area contributed by atoms with Crippen LogP contribution in [0.3, 0.4) is 0 Å². The lowest BCUT2D eigenvalue weighted by molar-refractivity contribution is 0.243. The van der Waals surface area contributed by atoms with Gasteiger partial charge in [-0.3, -0.25) is 0 Å².